The Kier molecular flexibility index (Phi) is 6.01. The van der Waals surface area contributed by atoms with Gasteiger partial charge in [0.2, 0.25) is 0 Å². The zero-order valence-corrected chi connectivity index (χ0v) is 15.1. The number of alkyl halides is 3. The molecule has 0 fully saturated rings. The van der Waals surface area contributed by atoms with Crippen LogP contribution >= 0.6 is 11.3 Å². The minimum atomic E-state index is -4.32. The molecule has 1 heterocycles. The molecule has 24 heavy (non-hydrogen) atoms. The van der Waals surface area contributed by atoms with E-state index in [2.05, 4.69) is 5.32 Å². The quantitative estimate of drug-likeness (QED) is 0.823. The number of nitrogens with one attached hydrogen (secondary N) is 1. The summed E-state index contributed by atoms with van der Waals surface area (Å²) < 4.78 is 50.1. The van der Waals surface area contributed by atoms with Crippen LogP contribution in [0.2, 0.25) is 0 Å². The molecule has 1 aromatic heterocycles. The van der Waals surface area contributed by atoms with Gasteiger partial charge in [0, 0.05) is 31.7 Å². The number of rotatable bonds is 5. The van der Waals surface area contributed by atoms with Crippen LogP contribution in [0.5, 0.6) is 0 Å². The third kappa shape index (κ3) is 4.55. The second kappa shape index (κ2) is 7.63. The Hall–Kier alpha value is -1.44. The van der Waals surface area contributed by atoms with Crippen molar-refractivity contribution in [2.75, 3.05) is 13.3 Å². The number of halogens is 3. The number of benzene rings is 1. The van der Waals surface area contributed by atoms with Crippen LogP contribution < -0.4 is 5.32 Å². The lowest BCUT2D eigenvalue weighted by Crippen LogP contribution is -2.38. The Balaban J connectivity index is 2.30. The topological polar surface area (TPSA) is 29.1 Å². The number of likely N-dealkylation sites (N-methyl/N-ethyl adjacent to an activating group) is 1. The summed E-state index contributed by atoms with van der Waals surface area (Å²) in [6, 6.07) is 9.37. The molecule has 0 aliphatic carbocycles. The van der Waals surface area contributed by atoms with Gasteiger partial charge in [-0.15, -0.1) is 11.3 Å². The summed E-state index contributed by atoms with van der Waals surface area (Å²) in [6.45, 7) is 1.67. The average Bonchev–Trinajstić information content (AvgIpc) is 3.01. The molecule has 1 N–H and O–H groups in total. The molecule has 130 valence electrons. The molecule has 0 amide bonds. The van der Waals surface area contributed by atoms with Crippen LogP contribution in [0.25, 0.3) is 16.0 Å². The molecule has 2 nitrogen and oxygen atoms in total. The molecule has 2 aromatic rings. The van der Waals surface area contributed by atoms with Gasteiger partial charge in [-0.2, -0.15) is 13.2 Å². The van der Waals surface area contributed by atoms with Crippen LogP contribution in [0.15, 0.2) is 47.4 Å². The molecule has 0 bridgehead atoms. The molecule has 2 atom stereocenters. The number of thiophene rings is 1. The van der Waals surface area contributed by atoms with Gasteiger partial charge in [0.15, 0.2) is 0 Å². The van der Waals surface area contributed by atoms with Crippen molar-refractivity contribution < 1.29 is 17.4 Å². The summed E-state index contributed by atoms with van der Waals surface area (Å²) in [6.07, 6.45) is -1.52. The average molecular weight is 373 g/mol. The third-order valence-corrected chi connectivity index (χ3v) is 5.71. The smallest absolute Gasteiger partial charge is 0.306 e. The Morgan fingerprint density at radius 3 is 2.58 bits per heavy atom. The van der Waals surface area contributed by atoms with Gasteiger partial charge in [-0.25, -0.2) is 0 Å². The first-order chi connectivity index (χ1) is 11.2. The van der Waals surface area contributed by atoms with Crippen molar-refractivity contribution in [2.24, 2.45) is 0 Å². The molecule has 2 rings (SSSR count). The molecule has 0 saturated heterocycles. The number of allylic oxidation sites excluding steroid dienone is 1. The fourth-order valence-electron chi connectivity index (χ4n) is 2.21. The molecule has 7 heteroatoms. The Bertz CT molecular complexity index is 765. The lowest BCUT2D eigenvalue weighted by Gasteiger charge is -2.16. The molecule has 0 spiro atoms. The van der Waals surface area contributed by atoms with Gasteiger partial charge >= 0.3 is 6.18 Å². The highest BCUT2D eigenvalue weighted by atomic mass is 32.2. The first-order valence-corrected chi connectivity index (χ1v) is 9.56. The molecular weight excluding hydrogens is 355 g/mol. The summed E-state index contributed by atoms with van der Waals surface area (Å²) in [5, 5.41) is 2.27. The molecule has 0 saturated carbocycles. The summed E-state index contributed by atoms with van der Waals surface area (Å²) in [5.74, 6) is 0. The van der Waals surface area contributed by atoms with Crippen LogP contribution in [0, 0.1) is 0 Å². The van der Waals surface area contributed by atoms with Crippen molar-refractivity contribution in [1.82, 2.24) is 5.32 Å². The van der Waals surface area contributed by atoms with E-state index in [9.17, 15) is 17.4 Å². The van der Waals surface area contributed by atoms with E-state index in [1.165, 1.54) is 24.5 Å². The Morgan fingerprint density at radius 1 is 1.29 bits per heavy atom. The highest BCUT2D eigenvalue weighted by molar-refractivity contribution is 7.84. The Morgan fingerprint density at radius 2 is 2.00 bits per heavy atom. The fourth-order valence-corrected chi connectivity index (χ4v) is 3.75. The van der Waals surface area contributed by atoms with Crippen LogP contribution in [0.4, 0.5) is 13.2 Å². The molecule has 0 aliphatic rings. The SMILES string of the molecule is CNC(/C=C(\C)c1ccc(-c2cccc(S(C)=O)c2)s1)C(F)(F)F. The summed E-state index contributed by atoms with van der Waals surface area (Å²) >= 11 is 1.42. The van der Waals surface area contributed by atoms with Gasteiger partial charge in [-0.1, -0.05) is 18.2 Å². The van der Waals surface area contributed by atoms with E-state index in [1.54, 1.807) is 19.2 Å². The predicted molar refractivity (Wildman–Crippen MR) is 94.6 cm³/mol. The zero-order chi connectivity index (χ0) is 17.9. The highest BCUT2D eigenvalue weighted by Gasteiger charge is 2.37. The lowest BCUT2D eigenvalue weighted by molar-refractivity contribution is -0.143. The van der Waals surface area contributed by atoms with Crippen molar-refractivity contribution in [1.29, 1.82) is 0 Å². The van der Waals surface area contributed by atoms with Crippen molar-refractivity contribution >= 4 is 27.7 Å². The van der Waals surface area contributed by atoms with Crippen LogP contribution in [0.3, 0.4) is 0 Å². The van der Waals surface area contributed by atoms with Gasteiger partial charge in [0.1, 0.15) is 6.04 Å². The summed E-state index contributed by atoms with van der Waals surface area (Å²) in [7, 11) is 0.216. The summed E-state index contributed by atoms with van der Waals surface area (Å²) in [4.78, 5) is 2.43. The molecule has 1 aromatic carbocycles. The van der Waals surface area contributed by atoms with Crippen LogP contribution in [0.1, 0.15) is 11.8 Å². The van der Waals surface area contributed by atoms with E-state index in [4.69, 9.17) is 0 Å². The van der Waals surface area contributed by atoms with E-state index in [0.717, 1.165) is 20.2 Å². The van der Waals surface area contributed by atoms with Gasteiger partial charge in [0.05, 0.1) is 0 Å². The molecular formula is C17H18F3NOS2. The van der Waals surface area contributed by atoms with Gasteiger partial charge < -0.3 is 5.32 Å². The van der Waals surface area contributed by atoms with Gasteiger partial charge in [-0.05, 0) is 49.4 Å². The fraction of sp³-hybridized carbons (Fsp3) is 0.294. The number of hydrogen-bond acceptors (Lipinski definition) is 3. The summed E-state index contributed by atoms with van der Waals surface area (Å²) in [5.41, 5.74) is 1.48. The second-order valence-electron chi connectivity index (χ2n) is 5.30. The number of hydrogen-bond donors (Lipinski definition) is 1. The first kappa shape index (κ1) is 18.9. The van der Waals surface area contributed by atoms with Crippen LogP contribution in [-0.4, -0.2) is 29.7 Å². The van der Waals surface area contributed by atoms with Gasteiger partial charge in [-0.3, -0.25) is 4.21 Å². The van der Waals surface area contributed by atoms with E-state index < -0.39 is 23.0 Å². The predicted octanol–water partition coefficient (Wildman–Crippen LogP) is 4.71. The van der Waals surface area contributed by atoms with Crippen molar-refractivity contribution in [3.8, 4) is 10.4 Å². The first-order valence-electron chi connectivity index (χ1n) is 7.19. The van der Waals surface area contributed by atoms with E-state index in [1.807, 2.05) is 30.3 Å². The monoisotopic (exact) mass is 373 g/mol. The second-order valence-corrected chi connectivity index (χ2v) is 7.77. The van der Waals surface area contributed by atoms with Crippen molar-refractivity contribution in [3.63, 3.8) is 0 Å². The molecule has 0 aliphatic heterocycles. The lowest BCUT2D eigenvalue weighted by atomic mass is 10.1. The maximum Gasteiger partial charge on any atom is 0.407 e. The minimum absolute atomic E-state index is 0.568. The minimum Gasteiger partial charge on any atom is -0.306 e. The molecule has 0 radical (unpaired) electrons. The normalized spacial score (nSPS) is 15.3. The largest absolute Gasteiger partial charge is 0.407 e. The molecule has 2 unspecified atom stereocenters. The zero-order valence-electron chi connectivity index (χ0n) is 13.5. The van der Waals surface area contributed by atoms with E-state index in [-0.39, 0.29) is 0 Å². The standard InChI is InChI=1S/C17H18F3NOS2/c1-11(9-16(21-2)17(18,19)20)14-7-8-15(23-14)12-5-4-6-13(10-12)24(3)22/h4-10,16,21H,1-3H3/b11-9+. The van der Waals surface area contributed by atoms with Gasteiger partial charge in [0.25, 0.3) is 0 Å². The van der Waals surface area contributed by atoms with Crippen LogP contribution in [-0.2, 0) is 10.8 Å². The van der Waals surface area contributed by atoms with E-state index in [0.29, 0.717) is 5.57 Å². The van der Waals surface area contributed by atoms with Crippen molar-refractivity contribution in [3.05, 3.63) is 47.4 Å². The third-order valence-electron chi connectivity index (χ3n) is 3.53. The highest BCUT2D eigenvalue weighted by Crippen LogP contribution is 2.33. The maximum atomic E-state index is 12.9. The Labute approximate surface area is 145 Å². The van der Waals surface area contributed by atoms with E-state index >= 15 is 0 Å². The van der Waals surface area contributed by atoms with Crippen molar-refractivity contribution in [2.45, 2.75) is 24.0 Å². The maximum absolute atomic E-state index is 12.9.